The van der Waals surface area contributed by atoms with E-state index in [2.05, 4.69) is 5.32 Å². The summed E-state index contributed by atoms with van der Waals surface area (Å²) >= 11 is 0. The average molecular weight is 484 g/mol. The number of amides is 2. The molecule has 0 aliphatic rings. The van der Waals surface area contributed by atoms with Gasteiger partial charge in [0.25, 0.3) is 0 Å². The van der Waals surface area contributed by atoms with Crippen molar-refractivity contribution in [3.8, 4) is 5.75 Å². The van der Waals surface area contributed by atoms with Gasteiger partial charge in [-0.2, -0.15) is 13.2 Å². The Hall–Kier alpha value is -3.30. The van der Waals surface area contributed by atoms with E-state index in [0.717, 1.165) is 5.56 Å². The lowest BCUT2D eigenvalue weighted by atomic mass is 10.1. The third-order valence-corrected chi connectivity index (χ3v) is 4.95. The first-order chi connectivity index (χ1) is 16.1. The van der Waals surface area contributed by atoms with Crippen molar-refractivity contribution in [3.63, 3.8) is 0 Å². The lowest BCUT2D eigenvalue weighted by molar-refractivity contribution is -0.137. The largest absolute Gasteiger partial charge is 0.492 e. The molecule has 2 N–H and O–H groups in total. The Morgan fingerprint density at radius 2 is 1.62 bits per heavy atom. The third-order valence-electron chi connectivity index (χ3n) is 4.95. The Morgan fingerprint density at radius 1 is 0.941 bits per heavy atom. The number of nitrogens with zero attached hydrogens (tertiary/aromatic N) is 1. The highest BCUT2D eigenvalue weighted by molar-refractivity contribution is 5.89. The number of nitrogens with one attached hydrogen (secondary N) is 1. The van der Waals surface area contributed by atoms with Crippen molar-refractivity contribution >= 4 is 17.7 Å². The molecule has 0 saturated heterocycles. The molecule has 0 radical (unpaired) electrons. The predicted molar refractivity (Wildman–Crippen MR) is 119 cm³/mol. The summed E-state index contributed by atoms with van der Waals surface area (Å²) in [6.07, 6.45) is -3.93. The number of aliphatic carboxylic acids is 1. The van der Waals surface area contributed by atoms with Crippen molar-refractivity contribution in [2.45, 2.75) is 44.7 Å². The normalized spacial score (nSPS) is 11.2. The fraction of sp³-hybridized carbons (Fsp3) is 0.417. The van der Waals surface area contributed by atoms with Gasteiger partial charge < -0.3 is 20.1 Å². The number of anilines is 1. The first-order valence-corrected chi connectivity index (χ1v) is 10.9. The average Bonchev–Trinajstić information content (AvgIpc) is 2.77. The molecule has 6 nitrogen and oxygen atoms in total. The maximum atomic E-state index is 13.1. The van der Waals surface area contributed by atoms with E-state index in [4.69, 9.17) is 9.84 Å². The van der Waals surface area contributed by atoms with Crippen molar-refractivity contribution in [2.75, 3.05) is 25.0 Å². The molecular weight excluding hydrogens is 456 g/mol. The number of urea groups is 1. The van der Waals surface area contributed by atoms with E-state index in [-0.39, 0.29) is 32.5 Å². The van der Waals surface area contributed by atoms with Gasteiger partial charge in [-0.3, -0.25) is 4.79 Å². The number of carbonyl (C=O) groups excluding carboxylic acids is 1. The molecule has 0 aromatic heterocycles. The number of unbranched alkanes of at least 4 members (excludes halogenated alkanes) is 2. The van der Waals surface area contributed by atoms with Crippen molar-refractivity contribution in [3.05, 3.63) is 59.9 Å². The summed E-state index contributed by atoms with van der Waals surface area (Å²) in [7, 11) is 0. The molecule has 186 valence electrons. The predicted octanol–water partition coefficient (Wildman–Crippen LogP) is 5.88. The topological polar surface area (TPSA) is 78.9 Å². The first-order valence-electron chi connectivity index (χ1n) is 10.9. The van der Waals surface area contributed by atoms with Crippen LogP contribution in [0.1, 0.15) is 37.7 Å². The fourth-order valence-electron chi connectivity index (χ4n) is 3.13. The number of aryl methyl sites for hydroxylation is 1. The number of ether oxygens (including phenoxy) is 1. The fourth-order valence-corrected chi connectivity index (χ4v) is 3.13. The minimum absolute atomic E-state index is 0.0123. The molecule has 0 aliphatic heterocycles. The van der Waals surface area contributed by atoms with Crippen LogP contribution in [0.2, 0.25) is 0 Å². The number of carboxylic acids is 1. The summed E-state index contributed by atoms with van der Waals surface area (Å²) in [5.41, 5.74) is 1.25. The van der Waals surface area contributed by atoms with E-state index in [0.29, 0.717) is 30.7 Å². The van der Waals surface area contributed by atoms with Crippen LogP contribution in [0.4, 0.5) is 28.0 Å². The van der Waals surface area contributed by atoms with E-state index in [1.807, 2.05) is 0 Å². The van der Waals surface area contributed by atoms with Crippen molar-refractivity contribution in [2.24, 2.45) is 0 Å². The second-order valence-electron chi connectivity index (χ2n) is 7.74. The number of halogens is 4. The minimum atomic E-state index is -4.20. The van der Waals surface area contributed by atoms with Crippen LogP contribution in [0.5, 0.6) is 5.75 Å². The lowest BCUT2D eigenvalue weighted by Crippen LogP contribution is -2.38. The third kappa shape index (κ3) is 11.0. The molecule has 2 amide bonds. The van der Waals surface area contributed by atoms with E-state index >= 15 is 0 Å². The summed E-state index contributed by atoms with van der Waals surface area (Å²) in [5, 5.41) is 11.4. The zero-order chi connectivity index (χ0) is 25.0. The molecule has 10 heteroatoms. The van der Waals surface area contributed by atoms with Gasteiger partial charge in [-0.25, -0.2) is 9.18 Å². The number of carbonyl (C=O) groups is 2. The second-order valence-corrected chi connectivity index (χ2v) is 7.74. The molecule has 2 aromatic rings. The van der Waals surface area contributed by atoms with E-state index < -0.39 is 30.4 Å². The molecule has 0 heterocycles. The maximum absolute atomic E-state index is 13.1. The molecule has 0 bridgehead atoms. The van der Waals surface area contributed by atoms with Crippen LogP contribution in [0, 0.1) is 5.82 Å². The molecule has 0 saturated carbocycles. The van der Waals surface area contributed by atoms with Crippen LogP contribution < -0.4 is 10.1 Å². The van der Waals surface area contributed by atoms with Gasteiger partial charge in [0.2, 0.25) is 0 Å². The summed E-state index contributed by atoms with van der Waals surface area (Å²) < 4.78 is 55.7. The van der Waals surface area contributed by atoms with Gasteiger partial charge in [-0.15, -0.1) is 0 Å². The van der Waals surface area contributed by atoms with Gasteiger partial charge in [-0.1, -0.05) is 18.6 Å². The Kier molecular flexibility index (Phi) is 10.6. The van der Waals surface area contributed by atoms with Crippen LogP contribution in [0.15, 0.2) is 48.5 Å². The number of hydrogen-bond donors (Lipinski definition) is 2. The molecule has 2 aromatic carbocycles. The highest BCUT2D eigenvalue weighted by atomic mass is 19.4. The molecule has 0 fully saturated rings. The summed E-state index contributed by atoms with van der Waals surface area (Å²) in [4.78, 5) is 24.8. The maximum Gasteiger partial charge on any atom is 0.389 e. The first kappa shape index (κ1) is 26.9. The number of benzene rings is 2. The SMILES string of the molecule is O=C(O)CCc1ccc(OCCN(CCCCCC(F)(F)F)C(=O)Nc2ccc(F)cc2)cc1. The summed E-state index contributed by atoms with van der Waals surface area (Å²) in [5.74, 6) is -0.775. The Bertz CT molecular complexity index is 903. The minimum Gasteiger partial charge on any atom is -0.492 e. The molecular formula is C24H28F4N2O4. The van der Waals surface area contributed by atoms with Crippen molar-refractivity contribution in [1.29, 1.82) is 0 Å². The molecule has 34 heavy (non-hydrogen) atoms. The molecule has 0 atom stereocenters. The smallest absolute Gasteiger partial charge is 0.389 e. The van der Waals surface area contributed by atoms with Gasteiger partial charge in [-0.05, 0) is 61.2 Å². The van der Waals surface area contributed by atoms with E-state index in [1.54, 1.807) is 24.3 Å². The molecule has 0 unspecified atom stereocenters. The number of alkyl halides is 3. The van der Waals surface area contributed by atoms with Gasteiger partial charge >= 0.3 is 18.2 Å². The van der Waals surface area contributed by atoms with Crippen molar-refractivity contribution < 1.29 is 37.0 Å². The lowest BCUT2D eigenvalue weighted by Gasteiger charge is -2.23. The monoisotopic (exact) mass is 484 g/mol. The van der Waals surface area contributed by atoms with Crippen LogP contribution in [-0.4, -0.2) is 47.9 Å². The summed E-state index contributed by atoms with van der Waals surface area (Å²) in [6.45, 7) is 0.573. The number of hydrogen-bond acceptors (Lipinski definition) is 3. The zero-order valence-electron chi connectivity index (χ0n) is 18.6. The highest BCUT2D eigenvalue weighted by Gasteiger charge is 2.25. The zero-order valence-corrected chi connectivity index (χ0v) is 18.6. The Labute approximate surface area is 195 Å². The molecule has 2 rings (SSSR count). The van der Waals surface area contributed by atoms with E-state index in [9.17, 15) is 27.2 Å². The van der Waals surface area contributed by atoms with Crippen LogP contribution in [-0.2, 0) is 11.2 Å². The Balaban J connectivity index is 1.87. The second kappa shape index (κ2) is 13.4. The van der Waals surface area contributed by atoms with Gasteiger partial charge in [0.15, 0.2) is 0 Å². The quantitative estimate of drug-likeness (QED) is 0.275. The van der Waals surface area contributed by atoms with Gasteiger partial charge in [0, 0.05) is 25.1 Å². The molecule has 0 aliphatic carbocycles. The standard InChI is InChI=1S/C24H28F4N2O4/c25-19-7-9-20(10-8-19)29-23(33)30(15-3-1-2-14-24(26,27)28)16-17-34-21-11-4-18(5-12-21)6-13-22(31)32/h4-5,7-12H,1-3,6,13-17H2,(H,29,33)(H,31,32). The number of rotatable bonds is 13. The van der Waals surface area contributed by atoms with Gasteiger partial charge in [0.05, 0.1) is 6.54 Å². The van der Waals surface area contributed by atoms with Gasteiger partial charge in [0.1, 0.15) is 18.2 Å². The van der Waals surface area contributed by atoms with Crippen molar-refractivity contribution in [1.82, 2.24) is 4.90 Å². The van der Waals surface area contributed by atoms with E-state index in [1.165, 1.54) is 29.2 Å². The Morgan fingerprint density at radius 3 is 2.24 bits per heavy atom. The molecule has 0 spiro atoms. The number of carboxylic acid groups (broad SMARTS) is 1. The van der Waals surface area contributed by atoms with Crippen LogP contribution in [0.25, 0.3) is 0 Å². The van der Waals surface area contributed by atoms with Crippen LogP contribution in [0.3, 0.4) is 0 Å². The highest BCUT2D eigenvalue weighted by Crippen LogP contribution is 2.22. The van der Waals surface area contributed by atoms with Crippen LogP contribution >= 0.6 is 0 Å². The summed E-state index contributed by atoms with van der Waals surface area (Å²) in [6, 6.07) is 11.7.